The number of carbonyl (C=O) groups excluding carboxylic acids is 1. The second kappa shape index (κ2) is 5.65. The van der Waals surface area contributed by atoms with E-state index in [0.29, 0.717) is 13.0 Å². The maximum absolute atomic E-state index is 11.8. The molecule has 0 saturated heterocycles. The summed E-state index contributed by atoms with van der Waals surface area (Å²) in [4.78, 5) is 11.8. The average molecular weight is 265 g/mol. The molecule has 3 nitrogen and oxygen atoms in total. The summed E-state index contributed by atoms with van der Waals surface area (Å²) in [5, 5.41) is 2.95. The molecule has 0 radical (unpaired) electrons. The molecular formula is C14H19NO2S. The standard InChI is InChI=1S/C14H19NO2S/c1-17-12-4-2-3-11(7-12)9-15-13(16)8-14(10-18)5-6-14/h2-4,7,18H,5-6,8-10H2,1H3,(H,15,16). The minimum absolute atomic E-state index is 0.115. The van der Waals surface area contributed by atoms with E-state index >= 15 is 0 Å². The van der Waals surface area contributed by atoms with Crippen molar-refractivity contribution >= 4 is 18.5 Å². The van der Waals surface area contributed by atoms with Gasteiger partial charge in [-0.2, -0.15) is 12.6 Å². The fourth-order valence-corrected chi connectivity index (χ4v) is 2.38. The molecule has 0 spiro atoms. The highest BCUT2D eigenvalue weighted by Crippen LogP contribution is 2.49. The van der Waals surface area contributed by atoms with Gasteiger partial charge in [-0.15, -0.1) is 0 Å². The van der Waals surface area contributed by atoms with Crippen LogP contribution in [0.4, 0.5) is 0 Å². The number of benzene rings is 1. The van der Waals surface area contributed by atoms with Gasteiger partial charge in [0.25, 0.3) is 0 Å². The van der Waals surface area contributed by atoms with E-state index in [1.807, 2.05) is 24.3 Å². The van der Waals surface area contributed by atoms with Gasteiger partial charge in [0.2, 0.25) is 5.91 Å². The molecule has 1 aromatic carbocycles. The van der Waals surface area contributed by atoms with Crippen LogP contribution < -0.4 is 10.1 Å². The van der Waals surface area contributed by atoms with Gasteiger partial charge in [0.05, 0.1) is 7.11 Å². The number of hydrogen-bond acceptors (Lipinski definition) is 3. The SMILES string of the molecule is COc1cccc(CNC(=O)CC2(CS)CC2)c1. The van der Waals surface area contributed by atoms with Crippen molar-refractivity contribution < 1.29 is 9.53 Å². The molecule has 0 unspecified atom stereocenters. The number of nitrogens with one attached hydrogen (secondary N) is 1. The van der Waals surface area contributed by atoms with Crippen molar-refractivity contribution in [3.05, 3.63) is 29.8 Å². The quantitative estimate of drug-likeness (QED) is 0.775. The van der Waals surface area contributed by atoms with Crippen LogP contribution in [0.25, 0.3) is 0 Å². The lowest BCUT2D eigenvalue weighted by Gasteiger charge is -2.12. The molecule has 0 bridgehead atoms. The maximum atomic E-state index is 11.8. The van der Waals surface area contributed by atoms with Gasteiger partial charge in [0.1, 0.15) is 5.75 Å². The van der Waals surface area contributed by atoms with Crippen molar-refractivity contribution in [2.75, 3.05) is 12.9 Å². The number of amides is 1. The summed E-state index contributed by atoms with van der Waals surface area (Å²) in [6.07, 6.45) is 2.85. The summed E-state index contributed by atoms with van der Waals surface area (Å²) in [7, 11) is 1.64. The van der Waals surface area contributed by atoms with Crippen LogP contribution in [0.5, 0.6) is 5.75 Å². The average Bonchev–Trinajstić information content (AvgIpc) is 3.17. The second-order valence-electron chi connectivity index (χ2n) is 4.96. The zero-order valence-corrected chi connectivity index (χ0v) is 11.5. The van der Waals surface area contributed by atoms with Crippen molar-refractivity contribution in [1.29, 1.82) is 0 Å². The van der Waals surface area contributed by atoms with Crippen molar-refractivity contribution in [2.45, 2.75) is 25.8 Å². The fourth-order valence-electron chi connectivity index (χ4n) is 1.95. The van der Waals surface area contributed by atoms with E-state index in [0.717, 1.165) is 29.9 Å². The molecule has 2 rings (SSSR count). The zero-order chi connectivity index (χ0) is 13.0. The van der Waals surface area contributed by atoms with Gasteiger partial charge in [-0.25, -0.2) is 0 Å². The number of methoxy groups -OCH3 is 1. The Morgan fingerprint density at radius 3 is 2.89 bits per heavy atom. The Bertz CT molecular complexity index is 430. The van der Waals surface area contributed by atoms with Crippen LogP contribution in [0.2, 0.25) is 0 Å². The first-order valence-corrected chi connectivity index (χ1v) is 6.81. The third-order valence-corrected chi connectivity index (χ3v) is 4.12. The van der Waals surface area contributed by atoms with E-state index in [4.69, 9.17) is 4.74 Å². The van der Waals surface area contributed by atoms with Crippen molar-refractivity contribution in [3.8, 4) is 5.75 Å². The lowest BCUT2D eigenvalue weighted by Crippen LogP contribution is -2.26. The second-order valence-corrected chi connectivity index (χ2v) is 5.28. The fraction of sp³-hybridized carbons (Fsp3) is 0.500. The summed E-state index contributed by atoms with van der Waals surface area (Å²) in [6.45, 7) is 0.554. The molecule has 18 heavy (non-hydrogen) atoms. The Morgan fingerprint density at radius 1 is 1.50 bits per heavy atom. The van der Waals surface area contributed by atoms with Gasteiger partial charge in [-0.05, 0) is 41.7 Å². The lowest BCUT2D eigenvalue weighted by molar-refractivity contribution is -0.122. The number of thiol groups is 1. The molecular weight excluding hydrogens is 246 g/mol. The van der Waals surface area contributed by atoms with Crippen LogP contribution in [0.3, 0.4) is 0 Å². The normalized spacial score (nSPS) is 16.1. The Kier molecular flexibility index (Phi) is 4.17. The molecule has 98 valence electrons. The molecule has 0 aliphatic heterocycles. The highest BCUT2D eigenvalue weighted by atomic mass is 32.1. The molecule has 0 aromatic heterocycles. The zero-order valence-electron chi connectivity index (χ0n) is 10.6. The Labute approximate surface area is 113 Å². The summed E-state index contributed by atoms with van der Waals surface area (Å²) in [6, 6.07) is 7.74. The molecule has 1 saturated carbocycles. The first-order valence-electron chi connectivity index (χ1n) is 6.18. The van der Waals surface area contributed by atoms with Gasteiger partial charge in [-0.3, -0.25) is 4.79 Å². The van der Waals surface area contributed by atoms with Gasteiger partial charge in [0, 0.05) is 13.0 Å². The van der Waals surface area contributed by atoms with Crippen LogP contribution in [0.1, 0.15) is 24.8 Å². The Morgan fingerprint density at radius 2 is 2.28 bits per heavy atom. The van der Waals surface area contributed by atoms with E-state index in [1.165, 1.54) is 0 Å². The van der Waals surface area contributed by atoms with Crippen LogP contribution in [0.15, 0.2) is 24.3 Å². The monoisotopic (exact) mass is 265 g/mol. The number of carbonyl (C=O) groups is 1. The van der Waals surface area contributed by atoms with Gasteiger partial charge in [-0.1, -0.05) is 12.1 Å². The van der Waals surface area contributed by atoms with Crippen LogP contribution in [0, 0.1) is 5.41 Å². The Hall–Kier alpha value is -1.16. The van der Waals surface area contributed by atoms with Gasteiger partial charge >= 0.3 is 0 Å². The predicted molar refractivity (Wildman–Crippen MR) is 75.0 cm³/mol. The maximum Gasteiger partial charge on any atom is 0.220 e. The number of ether oxygens (including phenoxy) is 1. The minimum Gasteiger partial charge on any atom is -0.497 e. The molecule has 1 aliphatic carbocycles. The molecule has 0 atom stereocenters. The molecule has 0 heterocycles. The van der Waals surface area contributed by atoms with Crippen LogP contribution in [-0.4, -0.2) is 18.8 Å². The molecule has 1 amide bonds. The molecule has 4 heteroatoms. The minimum atomic E-state index is 0.115. The van der Waals surface area contributed by atoms with E-state index in [1.54, 1.807) is 7.11 Å². The first kappa shape index (κ1) is 13.3. The molecule has 1 fully saturated rings. The number of rotatable bonds is 6. The largest absolute Gasteiger partial charge is 0.497 e. The van der Waals surface area contributed by atoms with Crippen molar-refractivity contribution in [1.82, 2.24) is 5.32 Å². The van der Waals surface area contributed by atoms with E-state index in [2.05, 4.69) is 17.9 Å². The number of hydrogen-bond donors (Lipinski definition) is 2. The van der Waals surface area contributed by atoms with E-state index in [9.17, 15) is 4.79 Å². The molecule has 1 N–H and O–H groups in total. The van der Waals surface area contributed by atoms with Crippen molar-refractivity contribution in [2.24, 2.45) is 5.41 Å². The van der Waals surface area contributed by atoms with Crippen molar-refractivity contribution in [3.63, 3.8) is 0 Å². The summed E-state index contributed by atoms with van der Waals surface area (Å²) in [5.74, 6) is 1.74. The third kappa shape index (κ3) is 3.42. The molecule has 1 aliphatic rings. The van der Waals surface area contributed by atoms with E-state index in [-0.39, 0.29) is 11.3 Å². The van der Waals surface area contributed by atoms with Gasteiger partial charge < -0.3 is 10.1 Å². The van der Waals surface area contributed by atoms with E-state index < -0.39 is 0 Å². The lowest BCUT2D eigenvalue weighted by atomic mass is 10.1. The summed E-state index contributed by atoms with van der Waals surface area (Å²) in [5.41, 5.74) is 1.24. The summed E-state index contributed by atoms with van der Waals surface area (Å²) < 4.78 is 5.15. The topological polar surface area (TPSA) is 38.3 Å². The predicted octanol–water partition coefficient (Wildman–Crippen LogP) is 2.41. The summed E-state index contributed by atoms with van der Waals surface area (Å²) >= 11 is 4.31. The van der Waals surface area contributed by atoms with Crippen LogP contribution >= 0.6 is 12.6 Å². The molecule has 1 aromatic rings. The van der Waals surface area contributed by atoms with Crippen LogP contribution in [-0.2, 0) is 11.3 Å². The van der Waals surface area contributed by atoms with Gasteiger partial charge in [0.15, 0.2) is 0 Å². The Balaban J connectivity index is 1.81. The smallest absolute Gasteiger partial charge is 0.220 e. The highest BCUT2D eigenvalue weighted by Gasteiger charge is 2.42. The highest BCUT2D eigenvalue weighted by molar-refractivity contribution is 7.80. The third-order valence-electron chi connectivity index (χ3n) is 3.45. The first-order chi connectivity index (χ1) is 8.67.